The van der Waals surface area contributed by atoms with Crippen molar-refractivity contribution >= 4 is 50.7 Å². The number of nitrogens with zero attached hydrogens (tertiary/aromatic N) is 2. The largest absolute Gasteiger partial charge is 0.457 e. The molecule has 0 aromatic heterocycles. The minimum atomic E-state index is -4.27. The van der Waals surface area contributed by atoms with Crippen molar-refractivity contribution in [2.24, 2.45) is 0 Å². The van der Waals surface area contributed by atoms with Crippen LogP contribution in [-0.2, 0) is 32.6 Å². The molecule has 0 aliphatic rings. The van der Waals surface area contributed by atoms with Crippen LogP contribution in [0.1, 0.15) is 31.9 Å². The Bertz CT molecular complexity index is 2040. The summed E-state index contributed by atoms with van der Waals surface area (Å²) in [5.74, 6) is 0.108. The van der Waals surface area contributed by atoms with E-state index in [0.29, 0.717) is 22.1 Å². The van der Waals surface area contributed by atoms with Gasteiger partial charge in [0.05, 0.1) is 20.6 Å². The first-order chi connectivity index (χ1) is 24.3. The number of para-hydroxylation sites is 1. The van der Waals surface area contributed by atoms with Crippen molar-refractivity contribution in [2.45, 2.75) is 50.2 Å². The van der Waals surface area contributed by atoms with Crippen molar-refractivity contribution in [3.8, 4) is 11.5 Å². The first-order valence-corrected chi connectivity index (χ1v) is 18.5. The molecule has 2 amide bonds. The molecular weight excluding hydrogens is 705 g/mol. The summed E-state index contributed by atoms with van der Waals surface area (Å²) in [5, 5.41) is 3.64. The summed E-state index contributed by atoms with van der Waals surface area (Å²) < 4.78 is 35.6. The lowest BCUT2D eigenvalue weighted by atomic mass is 10.0. The molecule has 0 aliphatic carbocycles. The van der Waals surface area contributed by atoms with E-state index in [1.54, 1.807) is 60.7 Å². The number of amides is 2. The van der Waals surface area contributed by atoms with Crippen LogP contribution in [0.3, 0.4) is 0 Å². The number of carbonyl (C=O) groups excluding carboxylic acids is 2. The number of sulfonamides is 1. The molecule has 51 heavy (non-hydrogen) atoms. The molecule has 0 aliphatic heterocycles. The highest BCUT2D eigenvalue weighted by Crippen LogP contribution is 2.29. The van der Waals surface area contributed by atoms with Gasteiger partial charge >= 0.3 is 0 Å². The van der Waals surface area contributed by atoms with E-state index in [4.69, 9.17) is 27.9 Å². The van der Waals surface area contributed by atoms with Crippen LogP contribution >= 0.6 is 23.2 Å². The van der Waals surface area contributed by atoms with E-state index >= 15 is 0 Å². The summed E-state index contributed by atoms with van der Waals surface area (Å²) in [6.07, 6.45) is 0.173. The van der Waals surface area contributed by atoms with Crippen molar-refractivity contribution in [1.82, 2.24) is 10.2 Å². The molecule has 264 valence electrons. The molecule has 0 saturated carbocycles. The topological polar surface area (TPSA) is 96.0 Å². The molecule has 5 aromatic carbocycles. The van der Waals surface area contributed by atoms with E-state index in [1.165, 1.54) is 17.0 Å². The number of ether oxygens (including phenoxy) is 1. The fourth-order valence-electron chi connectivity index (χ4n) is 5.40. The van der Waals surface area contributed by atoms with Crippen LogP contribution in [0.25, 0.3) is 0 Å². The third-order valence-electron chi connectivity index (χ3n) is 7.82. The van der Waals surface area contributed by atoms with Gasteiger partial charge in [0.15, 0.2) is 0 Å². The SMILES string of the molecule is CC(C)(C)NC(=O)C(Cc1ccccc1)N(Cc1ccc(Cl)c(Cl)c1)C(=O)CN(c1ccc(Oc2ccccc2)cc1)S(=O)(=O)c1ccccc1. The smallest absolute Gasteiger partial charge is 0.264 e. The fourth-order valence-corrected chi connectivity index (χ4v) is 7.15. The van der Waals surface area contributed by atoms with Gasteiger partial charge in [0.25, 0.3) is 10.0 Å². The number of hydrogen-bond donors (Lipinski definition) is 1. The Morgan fingerprint density at radius 3 is 1.88 bits per heavy atom. The Kier molecular flexibility index (Phi) is 12.1. The maximum absolute atomic E-state index is 14.7. The first-order valence-electron chi connectivity index (χ1n) is 16.3. The van der Waals surface area contributed by atoms with Gasteiger partial charge in [-0.15, -0.1) is 0 Å². The molecule has 0 bridgehead atoms. The molecule has 1 atom stereocenters. The van der Waals surface area contributed by atoms with E-state index in [1.807, 2.05) is 81.4 Å². The number of benzene rings is 5. The standard InChI is InChI=1S/C40H39Cl2N3O5S/c1-40(2,3)43-39(47)37(26-29-13-7-4-8-14-29)44(27-30-19-24-35(41)36(42)25-30)38(46)28-45(51(48,49)34-17-11-6-12-18-34)31-20-22-33(23-21-31)50-32-15-9-5-10-16-32/h4-25,37H,26-28H2,1-3H3,(H,43,47). The lowest BCUT2D eigenvalue weighted by Gasteiger charge is -2.35. The minimum absolute atomic E-state index is 0.00440. The van der Waals surface area contributed by atoms with Gasteiger partial charge in [-0.3, -0.25) is 13.9 Å². The van der Waals surface area contributed by atoms with Crippen LogP contribution in [0.15, 0.2) is 138 Å². The second kappa shape index (κ2) is 16.5. The third kappa shape index (κ3) is 10.1. The average molecular weight is 745 g/mol. The maximum atomic E-state index is 14.7. The fraction of sp³-hybridized carbons (Fsp3) is 0.200. The van der Waals surface area contributed by atoms with Crippen molar-refractivity contribution in [3.05, 3.63) is 155 Å². The van der Waals surface area contributed by atoms with Gasteiger partial charge in [-0.05, 0) is 92.6 Å². The number of hydrogen-bond acceptors (Lipinski definition) is 5. The minimum Gasteiger partial charge on any atom is -0.457 e. The Labute approximate surface area is 309 Å². The van der Waals surface area contributed by atoms with Crippen molar-refractivity contribution in [3.63, 3.8) is 0 Å². The van der Waals surface area contributed by atoms with Gasteiger partial charge in [0.2, 0.25) is 11.8 Å². The summed E-state index contributed by atoms with van der Waals surface area (Å²) in [6.45, 7) is 4.91. The Morgan fingerprint density at radius 2 is 1.29 bits per heavy atom. The van der Waals surface area contributed by atoms with Gasteiger partial charge < -0.3 is 15.0 Å². The van der Waals surface area contributed by atoms with Crippen LogP contribution in [0.2, 0.25) is 10.0 Å². The molecule has 1 unspecified atom stereocenters. The molecule has 0 heterocycles. The average Bonchev–Trinajstić information content (AvgIpc) is 3.11. The van der Waals surface area contributed by atoms with Gasteiger partial charge in [-0.25, -0.2) is 8.42 Å². The molecule has 5 aromatic rings. The third-order valence-corrected chi connectivity index (χ3v) is 10.3. The molecule has 8 nitrogen and oxygen atoms in total. The second-order valence-electron chi connectivity index (χ2n) is 12.9. The van der Waals surface area contributed by atoms with E-state index in [9.17, 15) is 18.0 Å². The first kappa shape index (κ1) is 37.4. The van der Waals surface area contributed by atoms with Crippen molar-refractivity contribution in [1.29, 1.82) is 0 Å². The molecular formula is C40H39Cl2N3O5S. The maximum Gasteiger partial charge on any atom is 0.264 e. The molecule has 0 saturated heterocycles. The highest BCUT2D eigenvalue weighted by atomic mass is 35.5. The van der Waals surface area contributed by atoms with Crippen LogP contribution in [-0.4, -0.2) is 43.3 Å². The zero-order valence-electron chi connectivity index (χ0n) is 28.5. The summed E-state index contributed by atoms with van der Waals surface area (Å²) in [4.78, 5) is 30.2. The summed E-state index contributed by atoms with van der Waals surface area (Å²) >= 11 is 12.6. The highest BCUT2D eigenvalue weighted by Gasteiger charge is 2.35. The highest BCUT2D eigenvalue weighted by molar-refractivity contribution is 7.92. The van der Waals surface area contributed by atoms with Crippen LogP contribution in [0.5, 0.6) is 11.5 Å². The van der Waals surface area contributed by atoms with Gasteiger partial charge in [-0.2, -0.15) is 0 Å². The van der Waals surface area contributed by atoms with E-state index in [0.717, 1.165) is 9.87 Å². The predicted octanol–water partition coefficient (Wildman–Crippen LogP) is 8.54. The predicted molar refractivity (Wildman–Crippen MR) is 203 cm³/mol. The molecule has 5 rings (SSSR count). The summed E-state index contributed by atoms with van der Waals surface area (Å²) in [5.41, 5.74) is 1.05. The van der Waals surface area contributed by atoms with E-state index in [-0.39, 0.29) is 34.5 Å². The van der Waals surface area contributed by atoms with Crippen LogP contribution < -0.4 is 14.4 Å². The van der Waals surface area contributed by atoms with Gasteiger partial charge in [-0.1, -0.05) is 96.0 Å². The molecule has 0 spiro atoms. The Hall–Kier alpha value is -4.83. The monoisotopic (exact) mass is 743 g/mol. The molecule has 0 fully saturated rings. The number of nitrogens with one attached hydrogen (secondary N) is 1. The number of carbonyl (C=O) groups is 2. The van der Waals surface area contributed by atoms with Gasteiger partial charge in [0.1, 0.15) is 24.1 Å². The molecule has 11 heteroatoms. The summed E-state index contributed by atoms with van der Waals surface area (Å²) in [7, 11) is -4.27. The Balaban J connectivity index is 1.57. The molecule has 1 N–H and O–H groups in total. The lowest BCUT2D eigenvalue weighted by Crippen LogP contribution is -2.56. The number of anilines is 1. The number of rotatable bonds is 13. The van der Waals surface area contributed by atoms with Crippen molar-refractivity contribution < 1.29 is 22.7 Å². The molecule has 0 radical (unpaired) electrons. The zero-order chi connectivity index (χ0) is 36.6. The van der Waals surface area contributed by atoms with E-state index < -0.39 is 34.1 Å². The summed E-state index contributed by atoms with van der Waals surface area (Å²) in [6, 6.07) is 36.8. The van der Waals surface area contributed by atoms with Crippen LogP contribution in [0.4, 0.5) is 5.69 Å². The van der Waals surface area contributed by atoms with Crippen molar-refractivity contribution in [2.75, 3.05) is 10.8 Å². The van der Waals surface area contributed by atoms with Gasteiger partial charge in [0, 0.05) is 18.5 Å². The Morgan fingerprint density at radius 1 is 0.725 bits per heavy atom. The quantitative estimate of drug-likeness (QED) is 0.130. The normalized spacial score (nSPS) is 12.1. The number of halogens is 2. The van der Waals surface area contributed by atoms with Crippen LogP contribution in [0, 0.1) is 0 Å². The second-order valence-corrected chi connectivity index (χ2v) is 15.6. The van der Waals surface area contributed by atoms with E-state index in [2.05, 4.69) is 5.32 Å². The zero-order valence-corrected chi connectivity index (χ0v) is 30.8. The lowest BCUT2D eigenvalue weighted by molar-refractivity contribution is -0.140.